The highest BCUT2D eigenvalue weighted by atomic mass is 16.6. The summed E-state index contributed by atoms with van der Waals surface area (Å²) in [5.74, 6) is -0.428. The van der Waals surface area contributed by atoms with Crippen LogP contribution >= 0.6 is 0 Å². The van der Waals surface area contributed by atoms with Gasteiger partial charge in [-0.05, 0) is 76.5 Å². The number of hydrogen-bond acceptors (Lipinski definition) is 4. The molecule has 0 bridgehead atoms. The summed E-state index contributed by atoms with van der Waals surface area (Å²) in [5.41, 5.74) is 1.61. The summed E-state index contributed by atoms with van der Waals surface area (Å²) in [5, 5.41) is 5.85. The van der Waals surface area contributed by atoms with Gasteiger partial charge in [0.05, 0.1) is 0 Å². The Morgan fingerprint density at radius 1 is 0.872 bits per heavy atom. The number of benzene rings is 2. The van der Waals surface area contributed by atoms with Crippen molar-refractivity contribution in [3.05, 3.63) is 65.7 Å². The van der Waals surface area contributed by atoms with E-state index in [1.54, 1.807) is 25.7 Å². The van der Waals surface area contributed by atoms with E-state index in [1.807, 2.05) is 82.3 Å². The zero-order valence-electron chi connectivity index (χ0n) is 25.1. The quantitative estimate of drug-likeness (QED) is 0.327. The molecule has 2 rings (SSSR count). The molecule has 7 heteroatoms. The highest BCUT2D eigenvalue weighted by Crippen LogP contribution is 2.30. The smallest absolute Gasteiger partial charge is 0.408 e. The first kappa shape index (κ1) is 31.9. The molecule has 3 unspecified atom stereocenters. The van der Waals surface area contributed by atoms with Crippen LogP contribution in [0.3, 0.4) is 0 Å². The molecule has 2 aromatic carbocycles. The fourth-order valence-electron chi connectivity index (χ4n) is 4.41. The Hall–Kier alpha value is -3.35. The summed E-state index contributed by atoms with van der Waals surface area (Å²) < 4.78 is 5.47. The maximum atomic E-state index is 14.4. The lowest BCUT2D eigenvalue weighted by molar-refractivity contribution is -0.144. The number of carbonyl (C=O) groups excluding carboxylic acids is 3. The molecule has 0 aliphatic rings. The molecule has 0 fully saturated rings. The van der Waals surface area contributed by atoms with Gasteiger partial charge in [0, 0.05) is 11.7 Å². The van der Waals surface area contributed by atoms with E-state index in [9.17, 15) is 14.4 Å². The number of carbonyl (C=O) groups is 3. The van der Waals surface area contributed by atoms with Crippen molar-refractivity contribution in [2.75, 3.05) is 5.32 Å². The van der Waals surface area contributed by atoms with Gasteiger partial charge < -0.3 is 20.3 Å². The van der Waals surface area contributed by atoms with Crippen LogP contribution in [0.1, 0.15) is 85.4 Å². The zero-order chi connectivity index (χ0) is 29.3. The fraction of sp³-hybridized carbons (Fsp3) is 0.531. The molecule has 0 saturated carbocycles. The molecule has 0 radical (unpaired) electrons. The highest BCUT2D eigenvalue weighted by Gasteiger charge is 2.40. The van der Waals surface area contributed by atoms with Gasteiger partial charge in [-0.15, -0.1) is 0 Å². The van der Waals surface area contributed by atoms with E-state index in [0.29, 0.717) is 23.6 Å². The molecular weight excluding hydrogens is 490 g/mol. The first-order chi connectivity index (χ1) is 18.2. The Morgan fingerprint density at radius 3 is 2.00 bits per heavy atom. The number of hydrogen-bond donors (Lipinski definition) is 2. The monoisotopic (exact) mass is 537 g/mol. The third-order valence-electron chi connectivity index (χ3n) is 6.54. The highest BCUT2D eigenvalue weighted by molar-refractivity contribution is 5.99. The molecule has 3 atom stereocenters. The summed E-state index contributed by atoms with van der Waals surface area (Å²) >= 11 is 0. The van der Waals surface area contributed by atoms with Crippen molar-refractivity contribution in [2.24, 2.45) is 11.8 Å². The molecule has 214 valence electrons. The third kappa shape index (κ3) is 9.72. The Labute approximate surface area is 234 Å². The van der Waals surface area contributed by atoms with Gasteiger partial charge in [-0.3, -0.25) is 9.59 Å². The number of rotatable bonds is 11. The van der Waals surface area contributed by atoms with Crippen LogP contribution in [0.2, 0.25) is 0 Å². The Morgan fingerprint density at radius 2 is 1.46 bits per heavy atom. The minimum Gasteiger partial charge on any atom is -0.444 e. The number of anilines is 1. The Bertz CT molecular complexity index is 1090. The van der Waals surface area contributed by atoms with E-state index < -0.39 is 23.8 Å². The van der Waals surface area contributed by atoms with Crippen molar-refractivity contribution in [1.29, 1.82) is 0 Å². The van der Waals surface area contributed by atoms with Gasteiger partial charge in [-0.25, -0.2) is 4.79 Å². The Kier molecular flexibility index (Phi) is 11.6. The summed E-state index contributed by atoms with van der Waals surface area (Å²) in [4.78, 5) is 42.8. The molecule has 0 aromatic heterocycles. The van der Waals surface area contributed by atoms with E-state index >= 15 is 0 Å². The van der Waals surface area contributed by atoms with Crippen molar-refractivity contribution >= 4 is 23.6 Å². The van der Waals surface area contributed by atoms with Crippen molar-refractivity contribution in [1.82, 2.24) is 10.2 Å². The third-order valence-corrected chi connectivity index (χ3v) is 6.54. The van der Waals surface area contributed by atoms with Crippen LogP contribution in [-0.2, 0) is 14.3 Å². The number of ether oxygens (including phenoxy) is 1. The first-order valence-electron chi connectivity index (χ1n) is 13.9. The van der Waals surface area contributed by atoms with Crippen LogP contribution in [0.5, 0.6) is 0 Å². The lowest BCUT2D eigenvalue weighted by Gasteiger charge is -2.39. The van der Waals surface area contributed by atoms with Gasteiger partial charge in [0.1, 0.15) is 17.7 Å². The fourth-order valence-corrected chi connectivity index (χ4v) is 4.41. The van der Waals surface area contributed by atoms with E-state index in [0.717, 1.165) is 12.0 Å². The topological polar surface area (TPSA) is 87.7 Å². The van der Waals surface area contributed by atoms with Crippen LogP contribution in [-0.4, -0.2) is 40.5 Å². The molecule has 0 spiro atoms. The largest absolute Gasteiger partial charge is 0.444 e. The normalized spacial score (nSPS) is 13.9. The van der Waals surface area contributed by atoms with Gasteiger partial charge >= 0.3 is 6.09 Å². The standard InChI is InChI=1S/C32H47N3O4/c1-21(2)19-20-24(6)35(30(37)27(22(3)4)34-31(38)39-32(7,8)9)28(25-16-11-10-12-17-25)29(36)33-26-18-14-13-15-23(26)5/h10-18,21-22,24,27-28H,19-20H2,1-9H3,(H,33,36)(H,34,38). The molecule has 3 amide bonds. The maximum absolute atomic E-state index is 14.4. The average molecular weight is 538 g/mol. The molecule has 39 heavy (non-hydrogen) atoms. The summed E-state index contributed by atoms with van der Waals surface area (Å²) in [6, 6.07) is 14.9. The second-order valence-corrected chi connectivity index (χ2v) is 12.1. The van der Waals surface area contributed by atoms with E-state index in [-0.39, 0.29) is 23.8 Å². The zero-order valence-corrected chi connectivity index (χ0v) is 25.1. The molecular formula is C32H47N3O4. The molecule has 0 aliphatic carbocycles. The predicted molar refractivity (Wildman–Crippen MR) is 157 cm³/mol. The van der Waals surface area contributed by atoms with Gasteiger partial charge in [0.25, 0.3) is 5.91 Å². The molecule has 2 N–H and O–H groups in total. The lowest BCUT2D eigenvalue weighted by atomic mass is 9.95. The van der Waals surface area contributed by atoms with Gasteiger partial charge in [-0.2, -0.15) is 0 Å². The van der Waals surface area contributed by atoms with Crippen molar-refractivity contribution in [2.45, 2.75) is 98.9 Å². The van der Waals surface area contributed by atoms with Crippen LogP contribution in [0.4, 0.5) is 10.5 Å². The molecule has 0 aliphatic heterocycles. The molecule has 2 aromatic rings. The molecule has 0 heterocycles. The van der Waals surface area contributed by atoms with Gasteiger partial charge in [-0.1, -0.05) is 76.2 Å². The van der Waals surface area contributed by atoms with Crippen LogP contribution in [0, 0.1) is 18.8 Å². The van der Waals surface area contributed by atoms with Crippen molar-refractivity contribution in [3.8, 4) is 0 Å². The van der Waals surface area contributed by atoms with Crippen LogP contribution in [0.25, 0.3) is 0 Å². The number of aryl methyl sites for hydroxylation is 1. The van der Waals surface area contributed by atoms with Gasteiger partial charge in [0.2, 0.25) is 5.91 Å². The number of nitrogens with one attached hydrogen (secondary N) is 2. The van der Waals surface area contributed by atoms with Crippen LogP contribution in [0.15, 0.2) is 54.6 Å². The summed E-state index contributed by atoms with van der Waals surface area (Å²) in [6.07, 6.45) is 0.934. The van der Waals surface area contributed by atoms with Crippen molar-refractivity contribution in [3.63, 3.8) is 0 Å². The molecule has 7 nitrogen and oxygen atoms in total. The summed E-state index contributed by atoms with van der Waals surface area (Å²) in [6.45, 7) is 17.3. The average Bonchev–Trinajstić information content (AvgIpc) is 2.84. The number of nitrogens with zero attached hydrogens (tertiary/aromatic N) is 1. The van der Waals surface area contributed by atoms with E-state index in [1.165, 1.54) is 0 Å². The van der Waals surface area contributed by atoms with Gasteiger partial charge in [0.15, 0.2) is 0 Å². The lowest BCUT2D eigenvalue weighted by Crippen LogP contribution is -2.56. The minimum absolute atomic E-state index is 0.235. The SMILES string of the molecule is Cc1ccccc1NC(=O)C(c1ccccc1)N(C(=O)C(NC(=O)OC(C)(C)C)C(C)C)C(C)CCC(C)C. The number of para-hydroxylation sites is 1. The van der Waals surface area contributed by atoms with E-state index in [2.05, 4.69) is 24.5 Å². The minimum atomic E-state index is -0.901. The summed E-state index contributed by atoms with van der Waals surface area (Å²) in [7, 11) is 0. The number of amides is 3. The molecule has 0 saturated heterocycles. The second-order valence-electron chi connectivity index (χ2n) is 12.1. The second kappa shape index (κ2) is 14.2. The Balaban J connectivity index is 2.57. The number of alkyl carbamates (subject to hydrolysis) is 1. The predicted octanol–water partition coefficient (Wildman–Crippen LogP) is 6.88. The van der Waals surface area contributed by atoms with Crippen molar-refractivity contribution < 1.29 is 19.1 Å². The maximum Gasteiger partial charge on any atom is 0.408 e. The van der Waals surface area contributed by atoms with E-state index in [4.69, 9.17) is 4.74 Å². The van der Waals surface area contributed by atoms with Crippen LogP contribution < -0.4 is 10.6 Å². The first-order valence-corrected chi connectivity index (χ1v) is 13.9.